The zero-order chi connectivity index (χ0) is 36.3. The van der Waals surface area contributed by atoms with Gasteiger partial charge in [-0.15, -0.1) is 0 Å². The van der Waals surface area contributed by atoms with Crippen molar-refractivity contribution in [3.63, 3.8) is 0 Å². The molecule has 2 heterocycles. The standard InChI is InChI=1S/C51H31N3O/c1-3-15-33(16-4-1)46-38-21-10-9-20-36(38)31-45-43-25-13-24-42(47(43)55-48(45)46)41-28-29-44(40-23-12-11-22-39(40)41)51-53-49(34-17-5-2-6-18-34)52-50(54-51)37-27-26-32-14-7-8-19-35(32)30-37/h1-31H. The number of hydrogen-bond acceptors (Lipinski definition) is 4. The zero-order valence-electron chi connectivity index (χ0n) is 29.6. The quantitative estimate of drug-likeness (QED) is 0.179. The van der Waals surface area contributed by atoms with Gasteiger partial charge in [-0.05, 0) is 61.6 Å². The second kappa shape index (κ2) is 12.6. The van der Waals surface area contributed by atoms with E-state index in [4.69, 9.17) is 19.4 Å². The molecule has 256 valence electrons. The average molecular weight is 702 g/mol. The van der Waals surface area contributed by atoms with E-state index in [2.05, 4.69) is 158 Å². The van der Waals surface area contributed by atoms with Crippen LogP contribution >= 0.6 is 0 Å². The molecular weight excluding hydrogens is 671 g/mol. The minimum Gasteiger partial charge on any atom is -0.455 e. The summed E-state index contributed by atoms with van der Waals surface area (Å²) in [6.45, 7) is 0. The van der Waals surface area contributed by atoms with Crippen LogP contribution in [0.2, 0.25) is 0 Å². The van der Waals surface area contributed by atoms with E-state index < -0.39 is 0 Å². The highest BCUT2D eigenvalue weighted by Gasteiger charge is 2.21. The summed E-state index contributed by atoms with van der Waals surface area (Å²) in [7, 11) is 0. The fourth-order valence-corrected chi connectivity index (χ4v) is 8.10. The van der Waals surface area contributed by atoms with Gasteiger partial charge in [0.15, 0.2) is 17.5 Å². The van der Waals surface area contributed by atoms with Crippen molar-refractivity contribution in [2.45, 2.75) is 0 Å². The van der Waals surface area contributed by atoms with Crippen molar-refractivity contribution in [2.75, 3.05) is 0 Å². The van der Waals surface area contributed by atoms with E-state index in [1.165, 1.54) is 16.2 Å². The van der Waals surface area contributed by atoms with Crippen LogP contribution in [0.1, 0.15) is 0 Å². The Labute approximate surface area is 317 Å². The Morgan fingerprint density at radius 1 is 0.291 bits per heavy atom. The van der Waals surface area contributed by atoms with Gasteiger partial charge in [0.1, 0.15) is 11.2 Å². The Morgan fingerprint density at radius 3 is 1.65 bits per heavy atom. The number of benzene rings is 9. The minimum atomic E-state index is 0.626. The van der Waals surface area contributed by atoms with Crippen LogP contribution in [0, 0.1) is 0 Å². The van der Waals surface area contributed by atoms with E-state index in [1.807, 2.05) is 30.3 Å². The molecule has 0 unspecified atom stereocenters. The third-order valence-electron chi connectivity index (χ3n) is 10.7. The van der Waals surface area contributed by atoms with Crippen LogP contribution in [0.4, 0.5) is 0 Å². The first kappa shape index (κ1) is 31.1. The van der Waals surface area contributed by atoms with Crippen LogP contribution < -0.4 is 0 Å². The second-order valence-electron chi connectivity index (χ2n) is 13.9. The van der Waals surface area contributed by atoms with Crippen molar-refractivity contribution < 1.29 is 4.42 Å². The third kappa shape index (κ3) is 5.19. The fourth-order valence-electron chi connectivity index (χ4n) is 8.10. The Balaban J connectivity index is 1.13. The Bertz CT molecular complexity index is 3260. The van der Waals surface area contributed by atoms with Crippen LogP contribution in [0.25, 0.3) is 111 Å². The van der Waals surface area contributed by atoms with Gasteiger partial charge in [0, 0.05) is 38.6 Å². The number of nitrogens with zero attached hydrogens (tertiary/aromatic N) is 3. The fraction of sp³-hybridized carbons (Fsp3) is 0. The van der Waals surface area contributed by atoms with Crippen LogP contribution in [0.3, 0.4) is 0 Å². The van der Waals surface area contributed by atoms with Gasteiger partial charge in [0.2, 0.25) is 0 Å². The SMILES string of the molecule is c1ccc(-c2nc(-c3ccc4ccccc4c3)nc(-c3ccc(-c4cccc5c4oc4c(-c6ccccc6)c6ccccc6cc45)c4ccccc34)n2)cc1. The molecule has 9 aromatic carbocycles. The van der Waals surface area contributed by atoms with E-state index in [-0.39, 0.29) is 0 Å². The van der Waals surface area contributed by atoms with E-state index in [9.17, 15) is 0 Å². The van der Waals surface area contributed by atoms with E-state index in [0.717, 1.165) is 77.0 Å². The van der Waals surface area contributed by atoms with Gasteiger partial charge < -0.3 is 4.42 Å². The largest absolute Gasteiger partial charge is 0.455 e. The lowest BCUT2D eigenvalue weighted by molar-refractivity contribution is 0.671. The van der Waals surface area contributed by atoms with E-state index in [0.29, 0.717) is 17.5 Å². The molecule has 0 aliphatic heterocycles. The van der Waals surface area contributed by atoms with Crippen molar-refractivity contribution in [3.05, 3.63) is 188 Å². The maximum atomic E-state index is 7.02. The predicted octanol–water partition coefficient (Wildman–Crippen LogP) is 13.6. The summed E-state index contributed by atoms with van der Waals surface area (Å²) >= 11 is 0. The van der Waals surface area contributed by atoms with Crippen molar-refractivity contribution in [1.29, 1.82) is 0 Å². The molecule has 0 fully saturated rings. The summed E-state index contributed by atoms with van der Waals surface area (Å²) in [6.07, 6.45) is 0. The topological polar surface area (TPSA) is 51.8 Å². The van der Waals surface area contributed by atoms with Crippen molar-refractivity contribution in [3.8, 4) is 56.4 Å². The van der Waals surface area contributed by atoms with Gasteiger partial charge in [-0.25, -0.2) is 15.0 Å². The van der Waals surface area contributed by atoms with Gasteiger partial charge in [0.05, 0.1) is 0 Å². The monoisotopic (exact) mass is 701 g/mol. The summed E-state index contributed by atoms with van der Waals surface area (Å²) < 4.78 is 7.02. The Kier molecular flexibility index (Phi) is 7.14. The molecule has 0 aliphatic carbocycles. The second-order valence-corrected chi connectivity index (χ2v) is 13.9. The molecular formula is C51H31N3O. The lowest BCUT2D eigenvalue weighted by Gasteiger charge is -2.13. The maximum Gasteiger partial charge on any atom is 0.164 e. The summed E-state index contributed by atoms with van der Waals surface area (Å²) in [5.74, 6) is 1.90. The number of aromatic nitrogens is 3. The molecule has 0 bridgehead atoms. The van der Waals surface area contributed by atoms with Crippen LogP contribution in [0.5, 0.6) is 0 Å². The number of fused-ring (bicyclic) bond motifs is 6. The van der Waals surface area contributed by atoms with Gasteiger partial charge in [-0.1, -0.05) is 170 Å². The van der Waals surface area contributed by atoms with E-state index >= 15 is 0 Å². The van der Waals surface area contributed by atoms with Crippen LogP contribution in [-0.4, -0.2) is 15.0 Å². The molecule has 0 saturated heterocycles. The normalized spacial score (nSPS) is 11.6. The molecule has 0 N–H and O–H groups in total. The Morgan fingerprint density at radius 2 is 0.873 bits per heavy atom. The van der Waals surface area contributed by atoms with Crippen molar-refractivity contribution in [1.82, 2.24) is 15.0 Å². The van der Waals surface area contributed by atoms with E-state index in [1.54, 1.807) is 0 Å². The first-order valence-corrected chi connectivity index (χ1v) is 18.5. The number of para-hydroxylation sites is 1. The molecule has 4 nitrogen and oxygen atoms in total. The minimum absolute atomic E-state index is 0.626. The summed E-state index contributed by atoms with van der Waals surface area (Å²) in [4.78, 5) is 15.3. The molecule has 11 aromatic rings. The maximum absolute atomic E-state index is 7.02. The van der Waals surface area contributed by atoms with Crippen LogP contribution in [0.15, 0.2) is 192 Å². The highest BCUT2D eigenvalue weighted by molar-refractivity contribution is 6.21. The highest BCUT2D eigenvalue weighted by Crippen LogP contribution is 2.45. The predicted molar refractivity (Wildman–Crippen MR) is 227 cm³/mol. The summed E-state index contributed by atoms with van der Waals surface area (Å²) in [5.41, 5.74) is 8.96. The molecule has 0 spiro atoms. The van der Waals surface area contributed by atoms with Gasteiger partial charge in [-0.2, -0.15) is 0 Å². The molecule has 0 atom stereocenters. The van der Waals surface area contributed by atoms with Crippen LogP contribution in [-0.2, 0) is 0 Å². The molecule has 0 amide bonds. The lowest BCUT2D eigenvalue weighted by atomic mass is 9.93. The zero-order valence-corrected chi connectivity index (χ0v) is 29.6. The first-order valence-electron chi connectivity index (χ1n) is 18.5. The number of furan rings is 1. The van der Waals surface area contributed by atoms with Crippen molar-refractivity contribution in [2.24, 2.45) is 0 Å². The van der Waals surface area contributed by atoms with Gasteiger partial charge >= 0.3 is 0 Å². The summed E-state index contributed by atoms with van der Waals surface area (Å²) in [6, 6.07) is 65.6. The molecule has 0 saturated carbocycles. The van der Waals surface area contributed by atoms with Crippen molar-refractivity contribution >= 4 is 54.3 Å². The van der Waals surface area contributed by atoms with Gasteiger partial charge in [0.25, 0.3) is 0 Å². The molecule has 55 heavy (non-hydrogen) atoms. The molecule has 0 aliphatic rings. The summed E-state index contributed by atoms with van der Waals surface area (Å²) in [5, 5.41) is 9.02. The molecule has 2 aromatic heterocycles. The lowest BCUT2D eigenvalue weighted by Crippen LogP contribution is -2.00. The first-order chi connectivity index (χ1) is 27.3. The molecule has 0 radical (unpaired) electrons. The third-order valence-corrected chi connectivity index (χ3v) is 10.7. The smallest absolute Gasteiger partial charge is 0.164 e. The Hall–Kier alpha value is -7.43. The molecule has 11 rings (SSSR count). The highest BCUT2D eigenvalue weighted by atomic mass is 16.3. The van der Waals surface area contributed by atoms with Gasteiger partial charge in [-0.3, -0.25) is 0 Å². The number of rotatable bonds is 5. The number of hydrogen-bond donors (Lipinski definition) is 0. The molecule has 4 heteroatoms. The average Bonchev–Trinajstić information content (AvgIpc) is 3.63.